The molecule has 0 bridgehead atoms. The van der Waals surface area contributed by atoms with Gasteiger partial charge in [0.2, 0.25) is 0 Å². The molecule has 0 unspecified atom stereocenters. The Morgan fingerprint density at radius 2 is 1.73 bits per heavy atom. The SMILES string of the molecule is C[C@H](C#N)[C@H](C)O[Si](C)(C)C. The first-order valence-corrected chi connectivity index (χ1v) is 7.35. The molecule has 0 aliphatic heterocycles. The zero-order chi connectivity index (χ0) is 9.07. The third-order valence-corrected chi connectivity index (χ3v) is 2.53. The Bertz CT molecular complexity index is 156. The van der Waals surface area contributed by atoms with E-state index in [0.29, 0.717) is 0 Å². The summed E-state index contributed by atoms with van der Waals surface area (Å²) in [5, 5.41) is 8.59. The van der Waals surface area contributed by atoms with Gasteiger partial charge >= 0.3 is 0 Å². The highest BCUT2D eigenvalue weighted by atomic mass is 28.4. The monoisotopic (exact) mass is 171 g/mol. The Morgan fingerprint density at radius 1 is 1.27 bits per heavy atom. The zero-order valence-electron chi connectivity index (χ0n) is 8.01. The molecule has 0 N–H and O–H groups in total. The van der Waals surface area contributed by atoms with Gasteiger partial charge in [-0.1, -0.05) is 0 Å². The summed E-state index contributed by atoms with van der Waals surface area (Å²) in [6.07, 6.45) is 0.0756. The first-order valence-electron chi connectivity index (χ1n) is 3.94. The van der Waals surface area contributed by atoms with E-state index >= 15 is 0 Å². The fraction of sp³-hybridized carbons (Fsp3) is 0.875. The number of hydrogen-bond donors (Lipinski definition) is 0. The van der Waals surface area contributed by atoms with Gasteiger partial charge in [-0.2, -0.15) is 5.26 Å². The molecule has 0 rings (SSSR count). The summed E-state index contributed by atoms with van der Waals surface area (Å²) in [6.45, 7) is 10.3. The van der Waals surface area contributed by atoms with Crippen molar-refractivity contribution in [1.29, 1.82) is 5.26 Å². The predicted molar refractivity (Wildman–Crippen MR) is 48.7 cm³/mol. The predicted octanol–water partition coefficient (Wildman–Crippen LogP) is 2.39. The number of rotatable bonds is 3. The van der Waals surface area contributed by atoms with E-state index in [-0.39, 0.29) is 12.0 Å². The maximum atomic E-state index is 8.59. The fourth-order valence-corrected chi connectivity index (χ4v) is 2.08. The molecule has 0 aliphatic rings. The average Bonchev–Trinajstić information content (AvgIpc) is 1.82. The average molecular weight is 171 g/mol. The van der Waals surface area contributed by atoms with Crippen LogP contribution in [0.4, 0.5) is 0 Å². The van der Waals surface area contributed by atoms with Crippen molar-refractivity contribution in [3.05, 3.63) is 0 Å². The second-order valence-corrected chi connectivity index (χ2v) is 8.31. The molecule has 0 spiro atoms. The number of nitrogens with zero attached hydrogens (tertiary/aromatic N) is 1. The van der Waals surface area contributed by atoms with E-state index in [1.165, 1.54) is 0 Å². The molecule has 0 fully saturated rings. The maximum Gasteiger partial charge on any atom is 0.184 e. The van der Waals surface area contributed by atoms with Crippen LogP contribution in [0.1, 0.15) is 13.8 Å². The van der Waals surface area contributed by atoms with E-state index in [1.54, 1.807) is 0 Å². The van der Waals surface area contributed by atoms with Crippen LogP contribution in [0.3, 0.4) is 0 Å². The number of nitriles is 1. The van der Waals surface area contributed by atoms with Gasteiger partial charge in [0.25, 0.3) is 0 Å². The molecular weight excluding hydrogens is 154 g/mol. The third kappa shape index (κ3) is 4.99. The molecule has 2 atom stereocenters. The summed E-state index contributed by atoms with van der Waals surface area (Å²) >= 11 is 0. The second kappa shape index (κ2) is 3.89. The molecule has 64 valence electrons. The summed E-state index contributed by atoms with van der Waals surface area (Å²) < 4.78 is 5.71. The van der Waals surface area contributed by atoms with Crippen LogP contribution in [-0.4, -0.2) is 14.4 Å². The van der Waals surface area contributed by atoms with Gasteiger partial charge in [-0.15, -0.1) is 0 Å². The number of hydrogen-bond acceptors (Lipinski definition) is 2. The summed E-state index contributed by atoms with van der Waals surface area (Å²) in [5.41, 5.74) is 0. The Kier molecular flexibility index (Phi) is 3.77. The van der Waals surface area contributed by atoms with Crippen LogP contribution in [-0.2, 0) is 4.43 Å². The standard InChI is InChI=1S/C8H17NOSi/c1-7(6-9)8(2)10-11(3,4)5/h7-8H,1-5H3/t7-,8+/m1/s1. The van der Waals surface area contributed by atoms with Crippen LogP contribution in [0.2, 0.25) is 19.6 Å². The van der Waals surface area contributed by atoms with Crippen molar-refractivity contribution in [1.82, 2.24) is 0 Å². The normalized spacial score (nSPS) is 17.1. The largest absolute Gasteiger partial charge is 0.414 e. The molecule has 2 nitrogen and oxygen atoms in total. The van der Waals surface area contributed by atoms with Gasteiger partial charge < -0.3 is 4.43 Å². The smallest absolute Gasteiger partial charge is 0.184 e. The summed E-state index contributed by atoms with van der Waals surface area (Å²) in [7, 11) is -1.45. The van der Waals surface area contributed by atoms with Gasteiger partial charge in [-0.05, 0) is 33.5 Å². The lowest BCUT2D eigenvalue weighted by molar-refractivity contribution is 0.179. The summed E-state index contributed by atoms with van der Waals surface area (Å²) in [6, 6.07) is 2.18. The van der Waals surface area contributed by atoms with Crippen LogP contribution in [0, 0.1) is 17.2 Å². The quantitative estimate of drug-likeness (QED) is 0.611. The molecule has 11 heavy (non-hydrogen) atoms. The van der Waals surface area contributed by atoms with Gasteiger partial charge in [0.05, 0.1) is 18.1 Å². The molecule has 0 saturated carbocycles. The van der Waals surface area contributed by atoms with Gasteiger partial charge in [0.15, 0.2) is 8.32 Å². The molecule has 0 amide bonds. The minimum absolute atomic E-state index is 0.00160. The van der Waals surface area contributed by atoms with Gasteiger partial charge in [-0.25, -0.2) is 0 Å². The highest BCUT2D eigenvalue weighted by Crippen LogP contribution is 2.12. The van der Waals surface area contributed by atoms with Crippen molar-refractivity contribution in [2.45, 2.75) is 39.6 Å². The first-order chi connectivity index (χ1) is 4.87. The van der Waals surface area contributed by atoms with E-state index in [0.717, 1.165) is 0 Å². The maximum absolute atomic E-state index is 8.59. The van der Waals surface area contributed by atoms with E-state index in [2.05, 4.69) is 25.7 Å². The van der Waals surface area contributed by atoms with Gasteiger partial charge in [-0.3, -0.25) is 0 Å². The van der Waals surface area contributed by atoms with Gasteiger partial charge in [0, 0.05) is 0 Å². The van der Waals surface area contributed by atoms with E-state index < -0.39 is 8.32 Å². The Morgan fingerprint density at radius 3 is 2.00 bits per heavy atom. The highest BCUT2D eigenvalue weighted by molar-refractivity contribution is 6.69. The topological polar surface area (TPSA) is 33.0 Å². The van der Waals surface area contributed by atoms with E-state index in [4.69, 9.17) is 9.69 Å². The van der Waals surface area contributed by atoms with E-state index in [9.17, 15) is 0 Å². The van der Waals surface area contributed by atoms with Crippen molar-refractivity contribution >= 4 is 8.32 Å². The molecule has 0 aromatic heterocycles. The molecule has 0 radical (unpaired) electrons. The van der Waals surface area contributed by atoms with Crippen LogP contribution in [0.15, 0.2) is 0 Å². The highest BCUT2D eigenvalue weighted by Gasteiger charge is 2.21. The Balaban J connectivity index is 3.90. The fourth-order valence-electron chi connectivity index (χ4n) is 0.765. The van der Waals surface area contributed by atoms with Crippen LogP contribution < -0.4 is 0 Å². The lowest BCUT2D eigenvalue weighted by Crippen LogP contribution is -2.33. The van der Waals surface area contributed by atoms with Crippen molar-refractivity contribution < 1.29 is 4.43 Å². The molecule has 0 aromatic rings. The van der Waals surface area contributed by atoms with Crippen molar-refractivity contribution in [2.24, 2.45) is 5.92 Å². The molecule has 0 aromatic carbocycles. The second-order valence-electron chi connectivity index (χ2n) is 3.85. The lowest BCUT2D eigenvalue weighted by Gasteiger charge is -2.24. The molecule has 0 aliphatic carbocycles. The summed E-state index contributed by atoms with van der Waals surface area (Å²) in [5.74, 6) is 0.00160. The Labute approximate surface area is 70.3 Å². The summed E-state index contributed by atoms with van der Waals surface area (Å²) in [4.78, 5) is 0. The van der Waals surface area contributed by atoms with Gasteiger partial charge in [0.1, 0.15) is 0 Å². The minimum Gasteiger partial charge on any atom is -0.414 e. The first kappa shape index (κ1) is 10.7. The zero-order valence-corrected chi connectivity index (χ0v) is 9.01. The molecule has 0 saturated heterocycles. The van der Waals surface area contributed by atoms with Crippen LogP contribution in [0.5, 0.6) is 0 Å². The minimum atomic E-state index is -1.45. The van der Waals surface area contributed by atoms with E-state index in [1.807, 2.05) is 13.8 Å². The molecule has 0 heterocycles. The molecular formula is C8H17NOSi. The van der Waals surface area contributed by atoms with Crippen molar-refractivity contribution in [2.75, 3.05) is 0 Å². The third-order valence-electron chi connectivity index (χ3n) is 1.45. The van der Waals surface area contributed by atoms with Crippen LogP contribution in [0.25, 0.3) is 0 Å². The van der Waals surface area contributed by atoms with Crippen molar-refractivity contribution in [3.8, 4) is 6.07 Å². The Hall–Kier alpha value is -0.333. The lowest BCUT2D eigenvalue weighted by atomic mass is 10.1. The van der Waals surface area contributed by atoms with Crippen molar-refractivity contribution in [3.63, 3.8) is 0 Å². The van der Waals surface area contributed by atoms with Crippen LogP contribution >= 0.6 is 0 Å². The molecule has 3 heteroatoms.